The third-order valence-corrected chi connectivity index (χ3v) is 3.10. The fraction of sp³-hybridized carbons (Fsp3) is 0.312. The Bertz CT molecular complexity index is 600. The summed E-state index contributed by atoms with van der Waals surface area (Å²) in [4.78, 5) is 4.24. The highest BCUT2D eigenvalue weighted by Crippen LogP contribution is 2.29. The van der Waals surface area contributed by atoms with Gasteiger partial charge in [0.25, 0.3) is 0 Å². The maximum absolute atomic E-state index is 5.89. The van der Waals surface area contributed by atoms with Gasteiger partial charge < -0.3 is 14.5 Å². The first kappa shape index (κ1) is 15.1. The molecule has 1 heterocycles. The lowest BCUT2D eigenvalue weighted by Gasteiger charge is -2.20. The summed E-state index contributed by atoms with van der Waals surface area (Å²) < 4.78 is 11.5. The van der Waals surface area contributed by atoms with Crippen LogP contribution in [0.4, 0.5) is 5.69 Å². The second-order valence-corrected chi connectivity index (χ2v) is 4.71. The zero-order valence-electron chi connectivity index (χ0n) is 12.7. The average molecular weight is 287 g/mol. The van der Waals surface area contributed by atoms with Crippen LogP contribution in [0.1, 0.15) is 18.1 Å². The first-order valence-corrected chi connectivity index (χ1v) is 6.91. The number of hydrogen-bond acceptors (Lipinski definition) is 5. The van der Waals surface area contributed by atoms with Crippen LogP contribution in [0.5, 0.6) is 11.6 Å². The summed E-state index contributed by atoms with van der Waals surface area (Å²) in [7, 11) is 1.79. The molecule has 0 aliphatic carbocycles. The van der Waals surface area contributed by atoms with Crippen molar-refractivity contribution in [1.29, 1.82) is 0 Å². The highest BCUT2D eigenvalue weighted by molar-refractivity contribution is 5.58. The van der Waals surface area contributed by atoms with Crippen LogP contribution in [-0.2, 0) is 6.61 Å². The number of nitrogens with zero attached hydrogens (tertiary/aromatic N) is 2. The summed E-state index contributed by atoms with van der Waals surface area (Å²) in [6.45, 7) is 4.86. The highest BCUT2D eigenvalue weighted by atomic mass is 16.5. The summed E-state index contributed by atoms with van der Waals surface area (Å²) in [5.41, 5.74) is 2.78. The van der Waals surface area contributed by atoms with Crippen LogP contribution in [0.25, 0.3) is 0 Å². The first-order chi connectivity index (χ1) is 10.1. The normalized spacial score (nSPS) is 10.3. The molecule has 0 spiro atoms. The third-order valence-electron chi connectivity index (χ3n) is 3.10. The SMILES string of the molecule is CCOc1cccc(N(C)N)c1COc1ncccc1C. The highest BCUT2D eigenvalue weighted by Gasteiger charge is 2.13. The Hall–Kier alpha value is -2.27. The van der Waals surface area contributed by atoms with E-state index in [4.69, 9.17) is 15.3 Å². The molecule has 2 N–H and O–H groups in total. The molecule has 21 heavy (non-hydrogen) atoms. The van der Waals surface area contributed by atoms with Gasteiger partial charge in [-0.25, -0.2) is 10.8 Å². The number of hydrazine groups is 1. The topological polar surface area (TPSA) is 60.6 Å². The minimum absolute atomic E-state index is 0.352. The number of ether oxygens (including phenoxy) is 2. The molecule has 0 radical (unpaired) electrons. The molecule has 0 saturated heterocycles. The molecule has 0 aliphatic heterocycles. The van der Waals surface area contributed by atoms with Crippen molar-refractivity contribution in [2.45, 2.75) is 20.5 Å². The van der Waals surface area contributed by atoms with Gasteiger partial charge in [0, 0.05) is 18.8 Å². The quantitative estimate of drug-likeness (QED) is 0.654. The smallest absolute Gasteiger partial charge is 0.216 e. The van der Waals surface area contributed by atoms with Gasteiger partial charge in [0.05, 0.1) is 17.9 Å². The van der Waals surface area contributed by atoms with Crippen molar-refractivity contribution in [1.82, 2.24) is 4.98 Å². The van der Waals surface area contributed by atoms with E-state index in [1.807, 2.05) is 44.2 Å². The number of aromatic nitrogens is 1. The Morgan fingerprint density at radius 3 is 2.67 bits per heavy atom. The maximum Gasteiger partial charge on any atom is 0.216 e. The second kappa shape index (κ2) is 6.95. The summed E-state index contributed by atoms with van der Waals surface area (Å²) >= 11 is 0. The van der Waals surface area contributed by atoms with Crippen molar-refractivity contribution in [3.05, 3.63) is 47.7 Å². The number of rotatable bonds is 6. The number of benzene rings is 1. The molecule has 0 atom stereocenters. The van der Waals surface area contributed by atoms with Crippen LogP contribution < -0.4 is 20.3 Å². The van der Waals surface area contributed by atoms with E-state index in [0.29, 0.717) is 19.1 Å². The van der Waals surface area contributed by atoms with Crippen molar-refractivity contribution in [2.24, 2.45) is 5.84 Å². The van der Waals surface area contributed by atoms with Crippen LogP contribution in [0.15, 0.2) is 36.5 Å². The predicted octanol–water partition coefficient (Wildman–Crippen LogP) is 2.68. The van der Waals surface area contributed by atoms with Crippen molar-refractivity contribution >= 4 is 5.69 Å². The standard InChI is InChI=1S/C16H21N3O2/c1-4-20-15-9-5-8-14(19(3)17)13(15)11-21-16-12(2)7-6-10-18-16/h5-10H,4,11,17H2,1-3H3. The van der Waals surface area contributed by atoms with Crippen LogP contribution in [0.2, 0.25) is 0 Å². The van der Waals surface area contributed by atoms with E-state index in [0.717, 1.165) is 22.6 Å². The molecule has 0 saturated carbocycles. The van der Waals surface area contributed by atoms with Gasteiger partial charge in [-0.1, -0.05) is 12.1 Å². The van der Waals surface area contributed by atoms with E-state index in [1.54, 1.807) is 18.3 Å². The van der Waals surface area contributed by atoms with Gasteiger partial charge in [0.2, 0.25) is 5.88 Å². The zero-order valence-corrected chi connectivity index (χ0v) is 12.7. The van der Waals surface area contributed by atoms with E-state index >= 15 is 0 Å². The fourth-order valence-electron chi connectivity index (χ4n) is 2.08. The van der Waals surface area contributed by atoms with Gasteiger partial charge in [-0.2, -0.15) is 0 Å². The Balaban J connectivity index is 2.27. The molecular weight excluding hydrogens is 266 g/mol. The maximum atomic E-state index is 5.89. The second-order valence-electron chi connectivity index (χ2n) is 4.71. The van der Waals surface area contributed by atoms with Crippen molar-refractivity contribution in [3.63, 3.8) is 0 Å². The van der Waals surface area contributed by atoms with Crippen LogP contribution >= 0.6 is 0 Å². The van der Waals surface area contributed by atoms with Crippen LogP contribution in [0, 0.1) is 6.92 Å². The Kier molecular flexibility index (Phi) is 5.00. The monoisotopic (exact) mass is 287 g/mol. The molecule has 2 aromatic rings. The number of aryl methyl sites for hydroxylation is 1. The van der Waals surface area contributed by atoms with Crippen LogP contribution in [0.3, 0.4) is 0 Å². The summed E-state index contributed by atoms with van der Waals surface area (Å²) in [6.07, 6.45) is 1.72. The van der Waals surface area contributed by atoms with E-state index in [1.165, 1.54) is 0 Å². The van der Waals surface area contributed by atoms with Gasteiger partial charge in [-0.3, -0.25) is 0 Å². The molecule has 1 aromatic carbocycles. The zero-order chi connectivity index (χ0) is 15.2. The largest absolute Gasteiger partial charge is 0.493 e. The molecule has 0 amide bonds. The minimum Gasteiger partial charge on any atom is -0.493 e. The molecule has 5 nitrogen and oxygen atoms in total. The van der Waals surface area contributed by atoms with E-state index in [9.17, 15) is 0 Å². The summed E-state index contributed by atoms with van der Waals surface area (Å²) in [5.74, 6) is 7.28. The summed E-state index contributed by atoms with van der Waals surface area (Å²) in [5, 5.41) is 1.56. The van der Waals surface area contributed by atoms with Gasteiger partial charge >= 0.3 is 0 Å². The van der Waals surface area contributed by atoms with Gasteiger partial charge in [-0.15, -0.1) is 0 Å². The number of nitrogens with two attached hydrogens (primary N) is 1. The van der Waals surface area contributed by atoms with Gasteiger partial charge in [0.1, 0.15) is 12.4 Å². The molecule has 2 rings (SSSR count). The predicted molar refractivity (Wildman–Crippen MR) is 83.5 cm³/mol. The van der Waals surface area contributed by atoms with Crippen LogP contribution in [-0.4, -0.2) is 18.6 Å². The molecule has 5 heteroatoms. The van der Waals surface area contributed by atoms with E-state index in [2.05, 4.69) is 4.98 Å². The van der Waals surface area contributed by atoms with E-state index < -0.39 is 0 Å². The lowest BCUT2D eigenvalue weighted by molar-refractivity contribution is 0.276. The molecule has 0 fully saturated rings. The minimum atomic E-state index is 0.352. The van der Waals surface area contributed by atoms with Crippen molar-refractivity contribution in [2.75, 3.05) is 18.7 Å². The number of anilines is 1. The lowest BCUT2D eigenvalue weighted by Crippen LogP contribution is -2.26. The first-order valence-electron chi connectivity index (χ1n) is 6.91. The third kappa shape index (κ3) is 3.64. The number of pyridine rings is 1. The molecule has 0 unspecified atom stereocenters. The molecule has 112 valence electrons. The Morgan fingerprint density at radius 1 is 1.19 bits per heavy atom. The number of hydrogen-bond donors (Lipinski definition) is 1. The molecule has 1 aromatic heterocycles. The van der Waals surface area contributed by atoms with Gasteiger partial charge in [-0.05, 0) is 32.0 Å². The Morgan fingerprint density at radius 2 is 2.00 bits per heavy atom. The fourth-order valence-corrected chi connectivity index (χ4v) is 2.08. The van der Waals surface area contributed by atoms with E-state index in [-0.39, 0.29) is 0 Å². The Labute approximate surface area is 125 Å². The molecule has 0 bridgehead atoms. The lowest BCUT2D eigenvalue weighted by atomic mass is 10.1. The van der Waals surface area contributed by atoms with Crippen molar-refractivity contribution in [3.8, 4) is 11.6 Å². The molecule has 0 aliphatic rings. The average Bonchev–Trinajstić information content (AvgIpc) is 2.47. The van der Waals surface area contributed by atoms with Gasteiger partial charge in [0.15, 0.2) is 0 Å². The molecular formula is C16H21N3O2. The summed E-state index contributed by atoms with van der Waals surface area (Å²) in [6, 6.07) is 9.62. The van der Waals surface area contributed by atoms with Crippen molar-refractivity contribution < 1.29 is 9.47 Å².